The lowest BCUT2D eigenvalue weighted by Crippen LogP contribution is -2.33. The highest BCUT2D eigenvalue weighted by Gasteiger charge is 2.18. The molecule has 1 saturated heterocycles. The van der Waals surface area contributed by atoms with Crippen LogP contribution in [0.15, 0.2) is 30.3 Å². The Balaban J connectivity index is 1.81. The van der Waals surface area contributed by atoms with E-state index in [0.717, 1.165) is 12.3 Å². The Morgan fingerprint density at radius 3 is 2.44 bits per heavy atom. The highest BCUT2D eigenvalue weighted by molar-refractivity contribution is 5.46. The van der Waals surface area contributed by atoms with E-state index in [4.69, 9.17) is 5.11 Å². The molecular formula is C14H21NO. The van der Waals surface area contributed by atoms with Crippen molar-refractivity contribution in [2.45, 2.75) is 25.7 Å². The lowest BCUT2D eigenvalue weighted by molar-refractivity contribution is 0.261. The highest BCUT2D eigenvalue weighted by Crippen LogP contribution is 2.25. The molecule has 1 N–H and O–H groups in total. The van der Waals surface area contributed by atoms with Crippen LogP contribution in [0, 0.1) is 5.92 Å². The van der Waals surface area contributed by atoms with Gasteiger partial charge in [-0.15, -0.1) is 0 Å². The van der Waals surface area contributed by atoms with Crippen molar-refractivity contribution in [3.8, 4) is 0 Å². The molecule has 2 nitrogen and oxygen atoms in total. The summed E-state index contributed by atoms with van der Waals surface area (Å²) in [6, 6.07) is 10.7. The van der Waals surface area contributed by atoms with Crippen LogP contribution in [0.4, 0.5) is 5.69 Å². The monoisotopic (exact) mass is 219 g/mol. The van der Waals surface area contributed by atoms with Crippen molar-refractivity contribution >= 4 is 5.69 Å². The maximum atomic E-state index is 8.82. The molecule has 2 rings (SSSR count). The van der Waals surface area contributed by atoms with Gasteiger partial charge in [0.2, 0.25) is 0 Å². The van der Waals surface area contributed by atoms with Crippen LogP contribution in [-0.2, 0) is 0 Å². The van der Waals surface area contributed by atoms with E-state index in [9.17, 15) is 0 Å². The third-order valence-electron chi connectivity index (χ3n) is 3.51. The molecule has 88 valence electrons. The van der Waals surface area contributed by atoms with Crippen LogP contribution in [0.2, 0.25) is 0 Å². The number of nitrogens with zero attached hydrogens (tertiary/aromatic N) is 1. The van der Waals surface area contributed by atoms with Gasteiger partial charge in [-0.2, -0.15) is 0 Å². The van der Waals surface area contributed by atoms with E-state index >= 15 is 0 Å². The number of anilines is 1. The fourth-order valence-electron chi connectivity index (χ4n) is 2.50. The van der Waals surface area contributed by atoms with Crippen molar-refractivity contribution in [3.05, 3.63) is 30.3 Å². The number of piperidine rings is 1. The fraction of sp³-hybridized carbons (Fsp3) is 0.571. The van der Waals surface area contributed by atoms with E-state index < -0.39 is 0 Å². The summed E-state index contributed by atoms with van der Waals surface area (Å²) >= 11 is 0. The second kappa shape index (κ2) is 5.90. The summed E-state index contributed by atoms with van der Waals surface area (Å²) < 4.78 is 0. The Kier molecular flexibility index (Phi) is 4.23. The Labute approximate surface area is 97.9 Å². The molecule has 0 aromatic heterocycles. The number of aliphatic hydroxyl groups excluding tert-OH is 1. The van der Waals surface area contributed by atoms with Gasteiger partial charge in [-0.25, -0.2) is 0 Å². The fourth-order valence-corrected chi connectivity index (χ4v) is 2.50. The maximum Gasteiger partial charge on any atom is 0.0431 e. The minimum Gasteiger partial charge on any atom is -0.396 e. The molecule has 1 aromatic carbocycles. The SMILES string of the molecule is OCCCC1CCN(c2ccccc2)CC1. The van der Waals surface area contributed by atoms with Crippen molar-refractivity contribution in [1.82, 2.24) is 0 Å². The van der Waals surface area contributed by atoms with Crippen LogP contribution in [0.25, 0.3) is 0 Å². The molecule has 1 heterocycles. The van der Waals surface area contributed by atoms with Gasteiger partial charge in [-0.3, -0.25) is 0 Å². The molecule has 0 amide bonds. The first-order valence-electron chi connectivity index (χ1n) is 6.31. The van der Waals surface area contributed by atoms with Crippen molar-refractivity contribution in [2.75, 3.05) is 24.6 Å². The summed E-state index contributed by atoms with van der Waals surface area (Å²) in [6.07, 6.45) is 4.71. The first-order chi connectivity index (χ1) is 7.90. The summed E-state index contributed by atoms with van der Waals surface area (Å²) in [5.41, 5.74) is 1.35. The Morgan fingerprint density at radius 1 is 1.12 bits per heavy atom. The first-order valence-corrected chi connectivity index (χ1v) is 6.31. The molecule has 16 heavy (non-hydrogen) atoms. The van der Waals surface area contributed by atoms with Gasteiger partial charge in [0, 0.05) is 25.4 Å². The van der Waals surface area contributed by atoms with E-state index in [0.29, 0.717) is 6.61 Å². The number of aliphatic hydroxyl groups is 1. The molecule has 0 saturated carbocycles. The summed E-state index contributed by atoms with van der Waals surface area (Å²) in [5, 5.41) is 8.82. The summed E-state index contributed by atoms with van der Waals surface area (Å²) in [4.78, 5) is 2.47. The molecule has 0 unspecified atom stereocenters. The van der Waals surface area contributed by atoms with Crippen molar-refractivity contribution in [1.29, 1.82) is 0 Å². The molecule has 0 atom stereocenters. The smallest absolute Gasteiger partial charge is 0.0431 e. The van der Waals surface area contributed by atoms with Crippen LogP contribution in [0.5, 0.6) is 0 Å². The Hall–Kier alpha value is -1.02. The zero-order valence-electron chi connectivity index (χ0n) is 9.81. The lowest BCUT2D eigenvalue weighted by Gasteiger charge is -2.33. The van der Waals surface area contributed by atoms with Gasteiger partial charge in [0.1, 0.15) is 0 Å². The van der Waals surface area contributed by atoms with Crippen LogP contribution >= 0.6 is 0 Å². The molecule has 0 radical (unpaired) electrons. The zero-order chi connectivity index (χ0) is 11.2. The quantitative estimate of drug-likeness (QED) is 0.841. The van der Waals surface area contributed by atoms with Crippen molar-refractivity contribution < 1.29 is 5.11 Å². The third kappa shape index (κ3) is 2.99. The Morgan fingerprint density at radius 2 is 1.81 bits per heavy atom. The summed E-state index contributed by atoms with van der Waals surface area (Å²) in [5.74, 6) is 0.826. The van der Waals surface area contributed by atoms with Crippen LogP contribution < -0.4 is 4.90 Å². The average molecular weight is 219 g/mol. The number of hydrogen-bond acceptors (Lipinski definition) is 2. The van der Waals surface area contributed by atoms with Gasteiger partial charge >= 0.3 is 0 Å². The molecule has 2 heteroatoms. The summed E-state index contributed by atoms with van der Waals surface area (Å²) in [6.45, 7) is 2.68. The number of benzene rings is 1. The van der Waals surface area contributed by atoms with Crippen LogP contribution in [0.1, 0.15) is 25.7 Å². The minimum atomic E-state index is 0.346. The lowest BCUT2D eigenvalue weighted by atomic mass is 9.92. The van der Waals surface area contributed by atoms with Crippen molar-refractivity contribution in [2.24, 2.45) is 5.92 Å². The third-order valence-corrected chi connectivity index (χ3v) is 3.51. The maximum absolute atomic E-state index is 8.82. The van der Waals surface area contributed by atoms with Gasteiger partial charge in [-0.05, 0) is 43.7 Å². The highest BCUT2D eigenvalue weighted by atomic mass is 16.2. The topological polar surface area (TPSA) is 23.5 Å². The van der Waals surface area contributed by atoms with Gasteiger partial charge in [0.15, 0.2) is 0 Å². The number of rotatable bonds is 4. The largest absolute Gasteiger partial charge is 0.396 e. The number of hydrogen-bond donors (Lipinski definition) is 1. The average Bonchev–Trinajstić information content (AvgIpc) is 2.38. The van der Waals surface area contributed by atoms with Crippen molar-refractivity contribution in [3.63, 3.8) is 0 Å². The predicted octanol–water partition coefficient (Wildman–Crippen LogP) is 2.68. The van der Waals surface area contributed by atoms with E-state index in [1.165, 1.54) is 38.0 Å². The summed E-state index contributed by atoms with van der Waals surface area (Å²) in [7, 11) is 0. The van der Waals surface area contributed by atoms with Crippen LogP contribution in [0.3, 0.4) is 0 Å². The molecule has 1 fully saturated rings. The molecule has 1 aliphatic heterocycles. The van der Waals surface area contributed by atoms with Crippen LogP contribution in [-0.4, -0.2) is 24.8 Å². The van der Waals surface area contributed by atoms with Gasteiger partial charge < -0.3 is 10.0 Å². The standard InChI is InChI=1S/C14H21NO/c16-12-4-5-13-8-10-15(11-9-13)14-6-2-1-3-7-14/h1-3,6-7,13,16H,4-5,8-12H2. The molecule has 1 aromatic rings. The molecule has 1 aliphatic rings. The second-order valence-electron chi connectivity index (χ2n) is 4.63. The molecule has 0 spiro atoms. The molecular weight excluding hydrogens is 198 g/mol. The predicted molar refractivity (Wildman–Crippen MR) is 67.7 cm³/mol. The second-order valence-corrected chi connectivity index (χ2v) is 4.63. The first kappa shape index (κ1) is 11.5. The van der Waals surface area contributed by atoms with Gasteiger partial charge in [0.05, 0.1) is 0 Å². The van der Waals surface area contributed by atoms with E-state index in [-0.39, 0.29) is 0 Å². The van der Waals surface area contributed by atoms with E-state index in [1.807, 2.05) is 0 Å². The zero-order valence-corrected chi connectivity index (χ0v) is 9.81. The minimum absolute atomic E-state index is 0.346. The van der Waals surface area contributed by atoms with E-state index in [1.54, 1.807) is 0 Å². The van der Waals surface area contributed by atoms with Gasteiger partial charge in [-0.1, -0.05) is 18.2 Å². The normalized spacial score (nSPS) is 17.7. The van der Waals surface area contributed by atoms with Gasteiger partial charge in [0.25, 0.3) is 0 Å². The van der Waals surface area contributed by atoms with E-state index in [2.05, 4.69) is 35.2 Å². The molecule has 0 aliphatic carbocycles. The molecule has 0 bridgehead atoms. The Bertz CT molecular complexity index is 291. The number of para-hydroxylation sites is 1.